The van der Waals surface area contributed by atoms with E-state index in [1.807, 2.05) is 4.90 Å². The van der Waals surface area contributed by atoms with Gasteiger partial charge >= 0.3 is 0 Å². The van der Waals surface area contributed by atoms with Crippen molar-refractivity contribution in [2.75, 3.05) is 26.5 Å². The number of para-hydroxylation sites is 1. The van der Waals surface area contributed by atoms with Crippen LogP contribution in [0.15, 0.2) is 34.5 Å². The van der Waals surface area contributed by atoms with Gasteiger partial charge in [-0.1, -0.05) is 12.1 Å². The molecule has 0 aliphatic carbocycles. The van der Waals surface area contributed by atoms with E-state index in [-0.39, 0.29) is 17.8 Å². The van der Waals surface area contributed by atoms with Gasteiger partial charge in [-0.25, -0.2) is 15.1 Å². The number of rotatable bonds is 5. The lowest BCUT2D eigenvalue weighted by Gasteiger charge is -2.35. The smallest absolute Gasteiger partial charge is 0.294 e. The summed E-state index contributed by atoms with van der Waals surface area (Å²) in [4.78, 5) is 12.8. The molecule has 0 bridgehead atoms. The second-order valence-corrected chi connectivity index (χ2v) is 5.83. The predicted molar refractivity (Wildman–Crippen MR) is 90.5 cm³/mol. The van der Waals surface area contributed by atoms with E-state index in [0.29, 0.717) is 25.4 Å². The molecule has 2 aliphatic heterocycles. The van der Waals surface area contributed by atoms with Gasteiger partial charge in [0, 0.05) is 18.7 Å². The van der Waals surface area contributed by atoms with Crippen molar-refractivity contribution in [3.8, 4) is 5.75 Å². The summed E-state index contributed by atoms with van der Waals surface area (Å²) in [6, 6.07) is 6.72. The fourth-order valence-electron chi connectivity index (χ4n) is 2.76. The average Bonchev–Trinajstić information content (AvgIpc) is 3.08. The highest BCUT2D eigenvalue weighted by Crippen LogP contribution is 2.16. The summed E-state index contributed by atoms with van der Waals surface area (Å²) in [6.45, 7) is 2.25. The first kappa shape index (κ1) is 17.1. The normalized spacial score (nSPS) is 23.3. The van der Waals surface area contributed by atoms with Crippen molar-refractivity contribution in [1.29, 1.82) is 0 Å². The number of aromatic hydroxyl groups is 1. The minimum Gasteiger partial charge on any atom is -0.507 e. The quantitative estimate of drug-likeness (QED) is 0.454. The Kier molecular flexibility index (Phi) is 5.41. The standard InChI is InChI=1S/C15H20N6O4/c22-14-6-2-1-4-12(14)8-17-20-11-19(9-13-5-3-7-25-13)10-16-15(20)18-21(23)24/h1-2,4,6,8,13,22H,3,5,7,9-11H2,(H,16,18)/b17-8+. The van der Waals surface area contributed by atoms with E-state index >= 15 is 0 Å². The predicted octanol–water partition coefficient (Wildman–Crippen LogP) is 0.575. The van der Waals surface area contributed by atoms with Crippen molar-refractivity contribution in [2.45, 2.75) is 18.9 Å². The van der Waals surface area contributed by atoms with Gasteiger partial charge in [-0.15, -0.1) is 0 Å². The van der Waals surface area contributed by atoms with Gasteiger partial charge in [0.2, 0.25) is 0 Å². The minimum absolute atomic E-state index is 0.0558. The fourth-order valence-corrected chi connectivity index (χ4v) is 2.76. The van der Waals surface area contributed by atoms with Crippen molar-refractivity contribution in [1.82, 2.24) is 15.2 Å². The third kappa shape index (κ3) is 4.64. The first-order valence-electron chi connectivity index (χ1n) is 8.02. The van der Waals surface area contributed by atoms with Crippen LogP contribution in [0.1, 0.15) is 18.4 Å². The van der Waals surface area contributed by atoms with Crippen LogP contribution in [-0.2, 0) is 4.74 Å². The Hall–Kier alpha value is -2.72. The number of hydrogen-bond acceptors (Lipinski definition) is 6. The maximum atomic E-state index is 10.7. The Morgan fingerprint density at radius 1 is 1.48 bits per heavy atom. The minimum atomic E-state index is -0.763. The molecule has 2 N–H and O–H groups in total. The number of nitrogens with zero attached hydrogens (tertiary/aromatic N) is 5. The van der Waals surface area contributed by atoms with E-state index in [1.54, 1.807) is 24.3 Å². The molecule has 0 saturated carbocycles. The molecule has 1 atom stereocenters. The van der Waals surface area contributed by atoms with Crippen LogP contribution in [0.2, 0.25) is 0 Å². The summed E-state index contributed by atoms with van der Waals surface area (Å²) in [6.07, 6.45) is 3.67. The molecule has 2 saturated heterocycles. The van der Waals surface area contributed by atoms with Crippen LogP contribution in [0.4, 0.5) is 0 Å². The number of hydrogen-bond donors (Lipinski definition) is 2. The number of hydrazone groups is 2. The van der Waals surface area contributed by atoms with Crippen LogP contribution in [0.3, 0.4) is 0 Å². The first-order chi connectivity index (χ1) is 12.1. The molecule has 134 valence electrons. The molecule has 10 nitrogen and oxygen atoms in total. The van der Waals surface area contributed by atoms with Crippen molar-refractivity contribution in [3.63, 3.8) is 0 Å². The van der Waals surface area contributed by atoms with Gasteiger partial charge in [0.25, 0.3) is 5.96 Å². The number of benzene rings is 1. The molecular formula is C15H20N6O4. The Balaban J connectivity index is 1.72. The second kappa shape index (κ2) is 7.90. The number of ether oxygens (including phenoxy) is 1. The molecule has 0 amide bonds. The Labute approximate surface area is 144 Å². The van der Waals surface area contributed by atoms with Gasteiger partial charge in [0.15, 0.2) is 5.03 Å². The molecule has 10 heteroatoms. The molecule has 25 heavy (non-hydrogen) atoms. The number of nitrogens with one attached hydrogen (secondary N) is 1. The Morgan fingerprint density at radius 2 is 2.32 bits per heavy atom. The van der Waals surface area contributed by atoms with E-state index in [1.165, 1.54) is 11.2 Å². The van der Waals surface area contributed by atoms with Crippen LogP contribution < -0.4 is 5.32 Å². The van der Waals surface area contributed by atoms with Crippen LogP contribution >= 0.6 is 0 Å². The highest BCUT2D eigenvalue weighted by Gasteiger charge is 2.27. The Morgan fingerprint density at radius 3 is 3.04 bits per heavy atom. The van der Waals surface area contributed by atoms with Crippen LogP contribution in [0.5, 0.6) is 5.75 Å². The number of phenols is 1. The van der Waals surface area contributed by atoms with Crippen molar-refractivity contribution >= 4 is 12.2 Å². The zero-order chi connectivity index (χ0) is 17.6. The fraction of sp³-hybridized carbons (Fsp3) is 0.467. The zero-order valence-corrected chi connectivity index (χ0v) is 13.6. The van der Waals surface area contributed by atoms with Crippen molar-refractivity contribution < 1.29 is 14.9 Å². The van der Waals surface area contributed by atoms with Crippen molar-refractivity contribution in [2.24, 2.45) is 10.2 Å². The topological polar surface area (TPSA) is 116 Å². The van der Waals surface area contributed by atoms with Crippen LogP contribution in [-0.4, -0.2) is 64.8 Å². The summed E-state index contributed by atoms with van der Waals surface area (Å²) < 4.78 is 5.63. The molecule has 2 heterocycles. The Bertz CT molecular complexity index is 674. The van der Waals surface area contributed by atoms with Crippen molar-refractivity contribution in [3.05, 3.63) is 39.9 Å². The number of nitro groups is 1. The molecule has 0 radical (unpaired) electrons. The lowest BCUT2D eigenvalue weighted by Crippen LogP contribution is -2.56. The molecule has 0 spiro atoms. The van der Waals surface area contributed by atoms with Crippen LogP contribution in [0, 0.1) is 10.1 Å². The third-order valence-electron chi connectivity index (χ3n) is 3.97. The SMILES string of the molecule is O=[N+]([O-])/N=C1\NCN(CC2CCCO2)CN1/N=C/c1ccccc1O. The maximum Gasteiger partial charge on any atom is 0.294 e. The number of guanidine groups is 1. The molecule has 1 aromatic rings. The third-order valence-corrected chi connectivity index (χ3v) is 3.97. The van der Waals surface area contributed by atoms with Gasteiger partial charge in [-0.3, -0.25) is 4.90 Å². The van der Waals surface area contributed by atoms with E-state index < -0.39 is 5.03 Å². The first-order valence-corrected chi connectivity index (χ1v) is 8.02. The molecular weight excluding hydrogens is 328 g/mol. The highest BCUT2D eigenvalue weighted by atomic mass is 16.7. The largest absolute Gasteiger partial charge is 0.507 e. The van der Waals surface area contributed by atoms with Gasteiger partial charge in [-0.2, -0.15) is 5.10 Å². The van der Waals surface area contributed by atoms with E-state index in [2.05, 4.69) is 15.5 Å². The summed E-state index contributed by atoms with van der Waals surface area (Å²) in [5.41, 5.74) is 0.513. The van der Waals surface area contributed by atoms with Gasteiger partial charge in [0.1, 0.15) is 10.9 Å². The average molecular weight is 348 g/mol. The summed E-state index contributed by atoms with van der Waals surface area (Å²) in [5.74, 6) is 0.139. The molecule has 3 rings (SSSR count). The van der Waals surface area contributed by atoms with Gasteiger partial charge < -0.3 is 15.2 Å². The lowest BCUT2D eigenvalue weighted by molar-refractivity contribution is -0.486. The monoisotopic (exact) mass is 348 g/mol. The van der Waals surface area contributed by atoms with E-state index in [9.17, 15) is 15.2 Å². The lowest BCUT2D eigenvalue weighted by atomic mass is 10.2. The summed E-state index contributed by atoms with van der Waals surface area (Å²) in [5, 5.41) is 31.6. The zero-order valence-electron chi connectivity index (χ0n) is 13.6. The maximum absolute atomic E-state index is 10.7. The molecule has 0 aromatic heterocycles. The summed E-state index contributed by atoms with van der Waals surface area (Å²) >= 11 is 0. The van der Waals surface area contributed by atoms with Gasteiger partial charge in [-0.05, 0) is 25.0 Å². The molecule has 1 unspecified atom stereocenters. The number of phenolic OH excluding ortho intramolecular Hbond substituents is 1. The second-order valence-electron chi connectivity index (χ2n) is 5.83. The highest BCUT2D eigenvalue weighted by molar-refractivity contribution is 5.86. The van der Waals surface area contributed by atoms with Gasteiger partial charge in [0.05, 0.1) is 25.7 Å². The summed E-state index contributed by atoms with van der Waals surface area (Å²) in [7, 11) is 0. The van der Waals surface area contributed by atoms with E-state index in [4.69, 9.17) is 4.74 Å². The van der Waals surface area contributed by atoms with E-state index in [0.717, 1.165) is 19.4 Å². The molecule has 2 fully saturated rings. The molecule has 2 aliphatic rings. The van der Waals surface area contributed by atoms with Crippen LogP contribution in [0.25, 0.3) is 0 Å². The molecule has 1 aromatic carbocycles.